The molecule has 1 aromatic heterocycles. The second kappa shape index (κ2) is 4.55. The van der Waals surface area contributed by atoms with Crippen LogP contribution in [-0.2, 0) is 6.42 Å². The van der Waals surface area contributed by atoms with E-state index in [4.69, 9.17) is 15.7 Å². The average molecular weight is 213 g/mol. The van der Waals surface area contributed by atoms with Gasteiger partial charge in [0.05, 0.1) is 25.3 Å². The minimum absolute atomic E-state index is 0.0592. The molecule has 4 nitrogen and oxygen atoms in total. The standard InChI is InChI=1S/C9H9F2N3O/c1-15-6-4-5(2-3-12)14-8(7(6)13)9(10)11/h4,9H,2,13H2,1H3. The summed E-state index contributed by atoms with van der Waals surface area (Å²) in [5, 5.41) is 8.43. The normalized spacial score (nSPS) is 10.1. The first-order chi connectivity index (χ1) is 7.10. The summed E-state index contributed by atoms with van der Waals surface area (Å²) in [4.78, 5) is 3.59. The topological polar surface area (TPSA) is 71.9 Å². The van der Waals surface area contributed by atoms with Gasteiger partial charge >= 0.3 is 0 Å². The number of hydrogen-bond donors (Lipinski definition) is 1. The highest BCUT2D eigenvalue weighted by Gasteiger charge is 2.18. The van der Waals surface area contributed by atoms with E-state index in [-0.39, 0.29) is 23.6 Å². The SMILES string of the molecule is COc1cc(CC#N)nc(C(F)F)c1N. The molecule has 0 fully saturated rings. The van der Waals surface area contributed by atoms with Crippen molar-refractivity contribution in [2.45, 2.75) is 12.8 Å². The van der Waals surface area contributed by atoms with Crippen molar-refractivity contribution in [1.29, 1.82) is 5.26 Å². The minimum atomic E-state index is -2.78. The molecule has 1 heterocycles. The number of nitriles is 1. The smallest absolute Gasteiger partial charge is 0.282 e. The van der Waals surface area contributed by atoms with Crippen molar-refractivity contribution in [3.63, 3.8) is 0 Å². The first-order valence-corrected chi connectivity index (χ1v) is 4.08. The van der Waals surface area contributed by atoms with E-state index < -0.39 is 12.1 Å². The van der Waals surface area contributed by atoms with E-state index in [1.807, 2.05) is 6.07 Å². The van der Waals surface area contributed by atoms with Gasteiger partial charge in [-0.2, -0.15) is 5.26 Å². The van der Waals surface area contributed by atoms with Gasteiger partial charge in [0, 0.05) is 6.07 Å². The van der Waals surface area contributed by atoms with Gasteiger partial charge in [-0.05, 0) is 0 Å². The minimum Gasteiger partial charge on any atom is -0.494 e. The van der Waals surface area contributed by atoms with E-state index in [2.05, 4.69) is 4.98 Å². The quantitative estimate of drug-likeness (QED) is 0.828. The molecule has 1 aromatic rings. The zero-order chi connectivity index (χ0) is 11.4. The lowest BCUT2D eigenvalue weighted by Gasteiger charge is -2.10. The van der Waals surface area contributed by atoms with Crippen LogP contribution in [0.3, 0.4) is 0 Å². The summed E-state index contributed by atoms with van der Waals surface area (Å²) >= 11 is 0. The summed E-state index contributed by atoms with van der Waals surface area (Å²) in [6.07, 6.45) is -2.84. The Bertz CT molecular complexity index is 401. The van der Waals surface area contributed by atoms with Crippen LogP contribution in [0.25, 0.3) is 0 Å². The Kier molecular flexibility index (Phi) is 3.39. The summed E-state index contributed by atoms with van der Waals surface area (Å²) in [6, 6.07) is 3.20. The molecule has 0 spiro atoms. The van der Waals surface area contributed by atoms with E-state index in [9.17, 15) is 8.78 Å². The first-order valence-electron chi connectivity index (χ1n) is 4.08. The highest BCUT2D eigenvalue weighted by molar-refractivity contribution is 5.57. The summed E-state index contributed by atoms with van der Waals surface area (Å²) in [5.74, 6) is 0.116. The van der Waals surface area contributed by atoms with E-state index in [0.29, 0.717) is 0 Å². The Labute approximate surface area is 85.3 Å². The van der Waals surface area contributed by atoms with Gasteiger partial charge in [0.1, 0.15) is 17.1 Å². The Hall–Kier alpha value is -1.90. The molecule has 6 heteroatoms. The third-order valence-corrected chi connectivity index (χ3v) is 1.79. The maximum absolute atomic E-state index is 12.5. The molecule has 1 rings (SSSR count). The van der Waals surface area contributed by atoms with Crippen molar-refractivity contribution in [2.24, 2.45) is 0 Å². The first kappa shape index (κ1) is 11.2. The van der Waals surface area contributed by atoms with Crippen molar-refractivity contribution in [3.8, 4) is 11.8 Å². The molecule has 2 N–H and O–H groups in total. The summed E-state index contributed by atoms with van der Waals surface area (Å²) in [7, 11) is 1.32. The van der Waals surface area contributed by atoms with Gasteiger partial charge in [0.15, 0.2) is 0 Å². The van der Waals surface area contributed by atoms with Gasteiger partial charge in [-0.1, -0.05) is 0 Å². The Morgan fingerprint density at radius 2 is 2.33 bits per heavy atom. The van der Waals surface area contributed by atoms with Crippen molar-refractivity contribution in [1.82, 2.24) is 4.98 Å². The number of rotatable bonds is 3. The number of pyridine rings is 1. The molecule has 0 radical (unpaired) electrons. The molecule has 0 aliphatic carbocycles. The van der Waals surface area contributed by atoms with Crippen LogP contribution < -0.4 is 10.5 Å². The molecule has 0 aliphatic heterocycles. The molecular formula is C9H9F2N3O. The van der Waals surface area contributed by atoms with Gasteiger partial charge in [0.2, 0.25) is 0 Å². The summed E-state index contributed by atoms with van der Waals surface area (Å²) < 4.78 is 29.8. The number of aromatic nitrogens is 1. The predicted molar refractivity (Wildman–Crippen MR) is 49.5 cm³/mol. The third-order valence-electron chi connectivity index (χ3n) is 1.79. The van der Waals surface area contributed by atoms with Gasteiger partial charge in [-0.3, -0.25) is 0 Å². The summed E-state index contributed by atoms with van der Waals surface area (Å²) in [6.45, 7) is 0. The number of nitrogen functional groups attached to an aromatic ring is 1. The Balaban J connectivity index is 3.26. The van der Waals surface area contributed by atoms with Crippen molar-refractivity contribution < 1.29 is 13.5 Å². The average Bonchev–Trinajstić information content (AvgIpc) is 2.20. The lowest BCUT2D eigenvalue weighted by Crippen LogP contribution is -2.04. The van der Waals surface area contributed by atoms with E-state index in [1.54, 1.807) is 0 Å². The lowest BCUT2D eigenvalue weighted by atomic mass is 10.2. The van der Waals surface area contributed by atoms with Gasteiger partial charge in [-0.25, -0.2) is 13.8 Å². The molecular weight excluding hydrogens is 204 g/mol. The maximum atomic E-state index is 12.5. The number of nitrogens with two attached hydrogens (primary N) is 1. The third kappa shape index (κ3) is 2.31. The Morgan fingerprint density at radius 1 is 1.67 bits per heavy atom. The van der Waals surface area contributed by atoms with E-state index >= 15 is 0 Å². The van der Waals surface area contributed by atoms with Crippen molar-refractivity contribution >= 4 is 5.69 Å². The number of anilines is 1. The number of alkyl halides is 2. The van der Waals surface area contributed by atoms with Crippen LogP contribution in [0.1, 0.15) is 17.8 Å². The van der Waals surface area contributed by atoms with Crippen molar-refractivity contribution in [2.75, 3.05) is 12.8 Å². The van der Waals surface area contributed by atoms with Crippen molar-refractivity contribution in [3.05, 3.63) is 17.5 Å². The number of halogens is 2. The van der Waals surface area contributed by atoms with Crippen LogP contribution in [0.5, 0.6) is 5.75 Å². The fourth-order valence-corrected chi connectivity index (χ4v) is 1.11. The van der Waals surface area contributed by atoms with E-state index in [1.165, 1.54) is 13.2 Å². The highest BCUT2D eigenvalue weighted by atomic mass is 19.3. The second-order valence-corrected chi connectivity index (χ2v) is 2.75. The van der Waals surface area contributed by atoms with Gasteiger partial charge in [0.25, 0.3) is 6.43 Å². The molecule has 0 unspecified atom stereocenters. The molecule has 80 valence electrons. The number of methoxy groups -OCH3 is 1. The number of nitrogens with zero attached hydrogens (tertiary/aromatic N) is 2. The van der Waals surface area contributed by atoms with Gasteiger partial charge < -0.3 is 10.5 Å². The molecule has 0 saturated heterocycles. The summed E-state index contributed by atoms with van der Waals surface area (Å²) in [5.41, 5.74) is 4.90. The maximum Gasteiger partial charge on any atom is 0.282 e. The predicted octanol–water partition coefficient (Wildman–Crippen LogP) is 1.68. The molecule has 0 amide bonds. The van der Waals surface area contributed by atoms with Crippen LogP contribution in [0, 0.1) is 11.3 Å². The largest absolute Gasteiger partial charge is 0.494 e. The van der Waals surface area contributed by atoms with Crippen LogP contribution in [0.15, 0.2) is 6.07 Å². The zero-order valence-corrected chi connectivity index (χ0v) is 8.00. The fraction of sp³-hybridized carbons (Fsp3) is 0.333. The van der Waals surface area contributed by atoms with Gasteiger partial charge in [-0.15, -0.1) is 0 Å². The van der Waals surface area contributed by atoms with Crippen LogP contribution in [-0.4, -0.2) is 12.1 Å². The van der Waals surface area contributed by atoms with Crippen LogP contribution >= 0.6 is 0 Å². The fourth-order valence-electron chi connectivity index (χ4n) is 1.11. The monoisotopic (exact) mass is 213 g/mol. The Morgan fingerprint density at radius 3 is 2.80 bits per heavy atom. The molecule has 0 aromatic carbocycles. The number of ether oxygens (including phenoxy) is 1. The highest BCUT2D eigenvalue weighted by Crippen LogP contribution is 2.31. The lowest BCUT2D eigenvalue weighted by molar-refractivity contribution is 0.146. The molecule has 0 aliphatic rings. The number of hydrogen-bond acceptors (Lipinski definition) is 4. The second-order valence-electron chi connectivity index (χ2n) is 2.75. The zero-order valence-electron chi connectivity index (χ0n) is 8.00. The van der Waals surface area contributed by atoms with E-state index in [0.717, 1.165) is 0 Å². The molecule has 0 atom stereocenters. The molecule has 0 bridgehead atoms. The van der Waals surface area contributed by atoms with Crippen LogP contribution in [0.2, 0.25) is 0 Å². The molecule has 15 heavy (non-hydrogen) atoms. The van der Waals surface area contributed by atoms with Crippen LogP contribution in [0.4, 0.5) is 14.5 Å². The molecule has 0 saturated carbocycles.